The fourth-order valence-electron chi connectivity index (χ4n) is 3.72. The molecule has 0 unspecified atom stereocenters. The van der Waals surface area contributed by atoms with Gasteiger partial charge in [-0.2, -0.15) is 0 Å². The summed E-state index contributed by atoms with van der Waals surface area (Å²) in [6.07, 6.45) is 7.24. The van der Waals surface area contributed by atoms with Crippen LogP contribution in [0.2, 0.25) is 5.02 Å². The van der Waals surface area contributed by atoms with E-state index in [0.29, 0.717) is 5.92 Å². The van der Waals surface area contributed by atoms with Crippen LogP contribution in [0.25, 0.3) is 11.1 Å². The molecular weight excluding hydrogens is 365 g/mol. The maximum absolute atomic E-state index is 13.5. The molecule has 1 aliphatic heterocycles. The van der Waals surface area contributed by atoms with E-state index in [1.165, 1.54) is 17.5 Å². The van der Waals surface area contributed by atoms with Crippen molar-refractivity contribution >= 4 is 17.4 Å². The molecular formula is C20H21ClFN5. The molecule has 5 nitrogen and oxygen atoms in total. The number of piperidine rings is 1. The average Bonchev–Trinajstić information content (AvgIpc) is 3.03. The summed E-state index contributed by atoms with van der Waals surface area (Å²) < 4.78 is 15.6. The lowest BCUT2D eigenvalue weighted by Gasteiger charge is -2.33. The summed E-state index contributed by atoms with van der Waals surface area (Å²) in [7, 11) is 2.03. The van der Waals surface area contributed by atoms with Crippen LogP contribution in [0, 0.1) is 12.7 Å². The first-order valence-electron chi connectivity index (χ1n) is 9.02. The van der Waals surface area contributed by atoms with Crippen molar-refractivity contribution in [3.63, 3.8) is 0 Å². The van der Waals surface area contributed by atoms with Crippen LogP contribution < -0.4 is 4.90 Å². The van der Waals surface area contributed by atoms with Gasteiger partial charge in [-0.05, 0) is 37.5 Å². The molecule has 0 radical (unpaired) electrons. The van der Waals surface area contributed by atoms with Gasteiger partial charge in [-0.1, -0.05) is 17.7 Å². The zero-order valence-corrected chi connectivity index (χ0v) is 16.1. The predicted molar refractivity (Wildman–Crippen MR) is 105 cm³/mol. The molecule has 1 aliphatic rings. The topological polar surface area (TPSA) is 46.8 Å². The van der Waals surface area contributed by atoms with Crippen LogP contribution in [-0.4, -0.2) is 32.6 Å². The van der Waals surface area contributed by atoms with E-state index in [-0.39, 0.29) is 5.02 Å². The number of aryl methyl sites for hydroxylation is 1. The molecule has 1 saturated heterocycles. The van der Waals surface area contributed by atoms with Crippen LogP contribution >= 0.6 is 11.6 Å². The molecule has 2 aromatic heterocycles. The normalized spacial score (nSPS) is 15.3. The Morgan fingerprint density at radius 3 is 2.63 bits per heavy atom. The molecule has 1 aromatic carbocycles. The number of nitrogens with zero attached hydrogens (tertiary/aromatic N) is 5. The molecule has 0 N–H and O–H groups in total. The number of rotatable bonds is 3. The van der Waals surface area contributed by atoms with Gasteiger partial charge in [0.05, 0.1) is 17.0 Å². The smallest absolute Gasteiger partial charge is 0.141 e. The lowest BCUT2D eigenvalue weighted by atomic mass is 9.92. The van der Waals surface area contributed by atoms with Crippen molar-refractivity contribution in [1.82, 2.24) is 19.5 Å². The van der Waals surface area contributed by atoms with Crippen LogP contribution in [0.4, 0.5) is 10.2 Å². The highest BCUT2D eigenvalue weighted by molar-refractivity contribution is 6.31. The van der Waals surface area contributed by atoms with Gasteiger partial charge in [0.2, 0.25) is 0 Å². The molecule has 3 heterocycles. The molecule has 7 heteroatoms. The molecule has 140 valence electrons. The minimum Gasteiger partial charge on any atom is -0.356 e. The van der Waals surface area contributed by atoms with Crippen LogP contribution in [0.5, 0.6) is 0 Å². The zero-order chi connectivity index (χ0) is 19.0. The zero-order valence-electron chi connectivity index (χ0n) is 15.4. The van der Waals surface area contributed by atoms with Gasteiger partial charge in [-0.25, -0.2) is 19.3 Å². The maximum atomic E-state index is 13.5. The largest absolute Gasteiger partial charge is 0.356 e. The summed E-state index contributed by atoms with van der Waals surface area (Å²) in [5.41, 5.74) is 4.12. The van der Waals surface area contributed by atoms with Crippen molar-refractivity contribution in [2.24, 2.45) is 7.05 Å². The van der Waals surface area contributed by atoms with Crippen molar-refractivity contribution in [2.45, 2.75) is 25.7 Å². The second-order valence-corrected chi connectivity index (χ2v) is 7.38. The van der Waals surface area contributed by atoms with Gasteiger partial charge >= 0.3 is 0 Å². The molecule has 4 rings (SSSR count). The standard InChI is InChI=1S/C20H21ClFN5/c1-13-19(25-12-26(13)2)14-5-7-27(8-6-14)20-16(10-23-11-24-20)15-3-4-18(22)17(21)9-15/h3-4,9-12,14H,5-8H2,1-2H3. The van der Waals surface area contributed by atoms with Crippen molar-refractivity contribution < 1.29 is 4.39 Å². The Morgan fingerprint density at radius 2 is 1.96 bits per heavy atom. The van der Waals surface area contributed by atoms with Crippen LogP contribution in [0.3, 0.4) is 0 Å². The first kappa shape index (κ1) is 17.9. The van der Waals surface area contributed by atoms with E-state index in [1.54, 1.807) is 24.7 Å². The lowest BCUT2D eigenvalue weighted by Crippen LogP contribution is -2.34. The molecule has 3 aromatic rings. The van der Waals surface area contributed by atoms with Crippen LogP contribution in [-0.2, 0) is 7.05 Å². The van der Waals surface area contributed by atoms with Crippen molar-refractivity contribution in [3.8, 4) is 11.1 Å². The van der Waals surface area contributed by atoms with Gasteiger partial charge in [0.15, 0.2) is 0 Å². The monoisotopic (exact) mass is 385 g/mol. The number of hydrogen-bond acceptors (Lipinski definition) is 4. The predicted octanol–water partition coefficient (Wildman–Crippen LogP) is 4.36. The Labute approximate surface area is 162 Å². The summed E-state index contributed by atoms with van der Waals surface area (Å²) in [4.78, 5) is 15.5. The molecule has 0 bridgehead atoms. The van der Waals surface area contributed by atoms with E-state index < -0.39 is 5.82 Å². The third kappa shape index (κ3) is 3.41. The molecule has 0 atom stereocenters. The number of aromatic nitrogens is 4. The number of halogens is 2. The molecule has 0 spiro atoms. The minimum absolute atomic E-state index is 0.103. The second kappa shape index (κ2) is 7.27. The maximum Gasteiger partial charge on any atom is 0.141 e. The Balaban J connectivity index is 1.57. The van der Waals surface area contributed by atoms with Crippen molar-refractivity contribution in [3.05, 3.63) is 59.3 Å². The summed E-state index contributed by atoms with van der Waals surface area (Å²) in [6.45, 7) is 3.90. The first-order chi connectivity index (χ1) is 13.0. The van der Waals surface area contributed by atoms with Gasteiger partial charge in [0, 0.05) is 43.5 Å². The highest BCUT2D eigenvalue weighted by Gasteiger charge is 2.26. The molecule has 27 heavy (non-hydrogen) atoms. The highest BCUT2D eigenvalue weighted by atomic mass is 35.5. The van der Waals surface area contributed by atoms with Gasteiger partial charge < -0.3 is 9.47 Å². The van der Waals surface area contributed by atoms with E-state index in [1.807, 2.05) is 13.4 Å². The Morgan fingerprint density at radius 1 is 1.19 bits per heavy atom. The first-order valence-corrected chi connectivity index (χ1v) is 9.40. The molecule has 0 amide bonds. The Hall–Kier alpha value is -2.47. The highest BCUT2D eigenvalue weighted by Crippen LogP contribution is 2.35. The fraction of sp³-hybridized carbons (Fsp3) is 0.350. The third-order valence-electron chi connectivity index (χ3n) is 5.37. The minimum atomic E-state index is -0.426. The van der Waals surface area contributed by atoms with Gasteiger partial charge in [0.1, 0.15) is 18.0 Å². The van der Waals surface area contributed by atoms with E-state index in [0.717, 1.165) is 42.9 Å². The fourth-order valence-corrected chi connectivity index (χ4v) is 3.90. The summed E-state index contributed by atoms with van der Waals surface area (Å²) in [6, 6.07) is 4.72. The van der Waals surface area contributed by atoms with Gasteiger partial charge in [-0.15, -0.1) is 0 Å². The molecule has 0 saturated carbocycles. The van der Waals surface area contributed by atoms with Crippen LogP contribution in [0.15, 0.2) is 37.1 Å². The number of imidazole rings is 1. The van der Waals surface area contributed by atoms with E-state index in [2.05, 4.69) is 31.3 Å². The van der Waals surface area contributed by atoms with Crippen molar-refractivity contribution in [1.29, 1.82) is 0 Å². The van der Waals surface area contributed by atoms with E-state index in [4.69, 9.17) is 11.6 Å². The summed E-state index contributed by atoms with van der Waals surface area (Å²) >= 11 is 5.97. The van der Waals surface area contributed by atoms with Gasteiger partial charge in [-0.3, -0.25) is 0 Å². The van der Waals surface area contributed by atoms with Gasteiger partial charge in [0.25, 0.3) is 0 Å². The van der Waals surface area contributed by atoms with Crippen LogP contribution in [0.1, 0.15) is 30.1 Å². The van der Waals surface area contributed by atoms with Crippen molar-refractivity contribution in [2.75, 3.05) is 18.0 Å². The average molecular weight is 386 g/mol. The molecule has 0 aliphatic carbocycles. The number of hydrogen-bond donors (Lipinski definition) is 0. The Bertz CT molecular complexity index is 963. The lowest BCUT2D eigenvalue weighted by molar-refractivity contribution is 0.493. The number of benzene rings is 1. The number of anilines is 1. The summed E-state index contributed by atoms with van der Waals surface area (Å²) in [5.74, 6) is 0.905. The SMILES string of the molecule is Cc1c(C2CCN(c3ncncc3-c3ccc(F)c(Cl)c3)CC2)ncn1C. The van der Waals surface area contributed by atoms with E-state index in [9.17, 15) is 4.39 Å². The summed E-state index contributed by atoms with van der Waals surface area (Å²) in [5, 5.41) is 0.103. The third-order valence-corrected chi connectivity index (χ3v) is 5.66. The van der Waals surface area contributed by atoms with E-state index >= 15 is 0 Å². The second-order valence-electron chi connectivity index (χ2n) is 6.98. The Kier molecular flexibility index (Phi) is 4.83. The quantitative estimate of drug-likeness (QED) is 0.672. The molecule has 1 fully saturated rings.